The van der Waals surface area contributed by atoms with Crippen LogP contribution < -0.4 is 0 Å². The molecule has 18 heteroatoms. The van der Waals surface area contributed by atoms with Gasteiger partial charge in [-0.15, -0.1) is 28.5 Å². The second-order valence-electron chi connectivity index (χ2n) is 3.85. The third kappa shape index (κ3) is 1.98. The molecule has 0 unspecified atom stereocenters. The van der Waals surface area contributed by atoms with E-state index in [-0.39, 0.29) is 14.6 Å². The van der Waals surface area contributed by atoms with E-state index in [1.807, 2.05) is 0 Å². The summed E-state index contributed by atoms with van der Waals surface area (Å²) >= 11 is 0. The van der Waals surface area contributed by atoms with E-state index in [4.69, 9.17) is 0 Å². The maximum atomic E-state index is 12.0. The van der Waals surface area contributed by atoms with Gasteiger partial charge < -0.3 is 15.6 Å². The number of aromatic nitrogens is 6. The van der Waals surface area contributed by atoms with Crippen molar-refractivity contribution in [1.82, 2.24) is 30.9 Å². The van der Waals surface area contributed by atoms with E-state index >= 15 is 0 Å². The van der Waals surface area contributed by atoms with Gasteiger partial charge in [0.25, 0.3) is 0 Å². The molecule has 1 aliphatic rings. The van der Waals surface area contributed by atoms with E-state index in [1.54, 1.807) is 0 Å². The van der Waals surface area contributed by atoms with Crippen LogP contribution in [0.1, 0.15) is 0 Å². The van der Waals surface area contributed by atoms with Gasteiger partial charge >= 0.3 is 34.9 Å². The summed E-state index contributed by atoms with van der Waals surface area (Å²) in [6.07, 6.45) is 0. The highest BCUT2D eigenvalue weighted by Crippen LogP contribution is 2.32. The molecular formula is C6N12O6. The van der Waals surface area contributed by atoms with Gasteiger partial charge in [-0.25, -0.2) is 0 Å². The second kappa shape index (κ2) is 4.82. The fraction of sp³-hybridized carbons (Fsp3) is 0. The Balaban J connectivity index is 2.02. The Bertz CT molecular complexity index is 880. The van der Waals surface area contributed by atoms with Crippen LogP contribution in [0.2, 0.25) is 0 Å². The number of hydrogen-bond acceptors (Lipinski definition) is 15. The topological polar surface area (TPSA) is 232 Å². The molecule has 4 heterocycles. The summed E-state index contributed by atoms with van der Waals surface area (Å²) in [6, 6.07) is 0. The highest BCUT2D eigenvalue weighted by Gasteiger charge is 2.31. The van der Waals surface area contributed by atoms with Gasteiger partial charge in [-0.3, -0.25) is 0 Å². The molecule has 0 fully saturated rings. The Kier molecular flexibility index (Phi) is 2.67. The van der Waals surface area contributed by atoms with Crippen molar-refractivity contribution >= 4 is 34.9 Å². The standard InChI is InChI=1S/C6N12O6/c19-16-4-1(10-22-13-4)7-17(20)5-2(11-23-14-5)9-18(21)6-3(8-16)12-24-15-6. The van der Waals surface area contributed by atoms with Crippen molar-refractivity contribution in [3.8, 4) is 0 Å². The molecule has 0 N–H and O–H groups in total. The van der Waals surface area contributed by atoms with Crippen LogP contribution in [0.25, 0.3) is 0 Å². The molecule has 24 heavy (non-hydrogen) atoms. The molecule has 0 saturated heterocycles. The minimum absolute atomic E-state index is 0.163. The molecule has 4 rings (SSSR count). The van der Waals surface area contributed by atoms with E-state index in [2.05, 4.69) is 60.2 Å². The normalized spacial score (nSPS) is 14.2. The van der Waals surface area contributed by atoms with Crippen LogP contribution in [0.4, 0.5) is 34.9 Å². The molecule has 0 aliphatic carbocycles. The van der Waals surface area contributed by atoms with Crippen molar-refractivity contribution in [2.24, 2.45) is 15.3 Å². The molecule has 0 bridgehead atoms. The summed E-state index contributed by atoms with van der Waals surface area (Å²) in [5, 5.41) is 65.5. The van der Waals surface area contributed by atoms with Crippen molar-refractivity contribution in [2.45, 2.75) is 0 Å². The smallest absolute Gasteiger partial charge is 0.449 e. The zero-order chi connectivity index (χ0) is 16.7. The van der Waals surface area contributed by atoms with Crippen LogP contribution in [0.15, 0.2) is 29.2 Å². The van der Waals surface area contributed by atoms with Crippen molar-refractivity contribution < 1.29 is 28.5 Å². The van der Waals surface area contributed by atoms with E-state index in [0.717, 1.165) is 0 Å². The zero-order valence-corrected chi connectivity index (χ0v) is 10.8. The van der Waals surface area contributed by atoms with Crippen LogP contribution in [-0.2, 0) is 0 Å². The number of fused-ring (bicyclic) bond motifs is 3. The molecule has 3 aromatic heterocycles. The van der Waals surface area contributed by atoms with E-state index in [1.165, 1.54) is 0 Å². The SMILES string of the molecule is [O-][N+]1=Nc2nonc2[N+]([O-])=Nc2nonc2[N+]([O-])=Nc2nonc21. The molecule has 0 saturated carbocycles. The number of azo groups is 3. The van der Waals surface area contributed by atoms with Gasteiger partial charge in [-0.05, 0) is 15.3 Å². The highest BCUT2D eigenvalue weighted by atomic mass is 16.6. The first-order valence-corrected chi connectivity index (χ1v) is 5.68. The third-order valence-electron chi connectivity index (χ3n) is 2.46. The summed E-state index contributed by atoms with van der Waals surface area (Å²) in [7, 11) is 0. The Labute approximate surface area is 126 Å². The molecule has 18 nitrogen and oxygen atoms in total. The zero-order valence-electron chi connectivity index (χ0n) is 10.8. The van der Waals surface area contributed by atoms with Crippen molar-refractivity contribution in [3.05, 3.63) is 15.6 Å². The lowest BCUT2D eigenvalue weighted by atomic mass is 10.6. The molecular weight excluding hydrogens is 336 g/mol. The first-order chi connectivity index (χ1) is 11.6. The summed E-state index contributed by atoms with van der Waals surface area (Å²) in [5.74, 6) is -3.48. The van der Waals surface area contributed by atoms with Crippen LogP contribution in [-0.4, -0.2) is 45.5 Å². The lowest BCUT2D eigenvalue weighted by molar-refractivity contribution is -0.459. The summed E-state index contributed by atoms with van der Waals surface area (Å²) in [4.78, 5) is -0.489. The number of nitrogens with zero attached hydrogens (tertiary/aromatic N) is 12. The third-order valence-corrected chi connectivity index (χ3v) is 2.46. The Hall–Kier alpha value is -4.38. The van der Waals surface area contributed by atoms with Crippen molar-refractivity contribution in [3.63, 3.8) is 0 Å². The first-order valence-electron chi connectivity index (χ1n) is 5.68. The quantitative estimate of drug-likeness (QED) is 0.411. The number of rotatable bonds is 0. The van der Waals surface area contributed by atoms with E-state index < -0.39 is 34.9 Å². The molecule has 0 aromatic carbocycles. The Morgan fingerprint density at radius 2 is 0.792 bits per heavy atom. The molecule has 0 amide bonds. The van der Waals surface area contributed by atoms with Gasteiger partial charge in [-0.2, -0.15) is 0 Å². The minimum Gasteiger partial charge on any atom is -0.690 e. The highest BCUT2D eigenvalue weighted by molar-refractivity contribution is 5.46. The Morgan fingerprint density at radius 1 is 0.500 bits per heavy atom. The molecule has 0 atom stereocenters. The fourth-order valence-corrected chi connectivity index (χ4v) is 1.49. The molecule has 120 valence electrons. The van der Waals surface area contributed by atoms with Crippen LogP contribution in [0, 0.1) is 15.6 Å². The average Bonchev–Trinajstić information content (AvgIpc) is 3.26. The van der Waals surface area contributed by atoms with Crippen LogP contribution in [0.5, 0.6) is 0 Å². The summed E-state index contributed by atoms with van der Waals surface area (Å²) in [5.41, 5.74) is 0. The van der Waals surface area contributed by atoms with Crippen LogP contribution >= 0.6 is 0 Å². The van der Waals surface area contributed by atoms with Gasteiger partial charge in [0.05, 0.1) is 0 Å². The Morgan fingerprint density at radius 3 is 1.08 bits per heavy atom. The predicted molar refractivity (Wildman–Crippen MR) is 59.0 cm³/mol. The molecule has 1 aliphatic heterocycles. The molecule has 0 spiro atoms. The largest absolute Gasteiger partial charge is 0.690 e. The lowest BCUT2D eigenvalue weighted by Crippen LogP contribution is -1.98. The summed E-state index contributed by atoms with van der Waals surface area (Å²) < 4.78 is 13.0. The van der Waals surface area contributed by atoms with E-state index in [0.29, 0.717) is 0 Å². The van der Waals surface area contributed by atoms with Gasteiger partial charge in [0, 0.05) is 15.5 Å². The van der Waals surface area contributed by atoms with Gasteiger partial charge in [0.15, 0.2) is 15.5 Å². The van der Waals surface area contributed by atoms with Gasteiger partial charge in [0.2, 0.25) is 0 Å². The number of hydrogen-bond donors (Lipinski definition) is 0. The molecule has 0 radical (unpaired) electrons. The average molecular weight is 336 g/mol. The second-order valence-corrected chi connectivity index (χ2v) is 3.85. The minimum atomic E-state index is -0.613. The van der Waals surface area contributed by atoms with E-state index in [9.17, 15) is 15.6 Å². The van der Waals surface area contributed by atoms with Crippen molar-refractivity contribution in [1.29, 1.82) is 0 Å². The van der Waals surface area contributed by atoms with Crippen LogP contribution in [0.3, 0.4) is 0 Å². The maximum absolute atomic E-state index is 12.0. The van der Waals surface area contributed by atoms with Gasteiger partial charge in [-0.1, -0.05) is 0 Å². The first kappa shape index (κ1) is 13.3. The predicted octanol–water partition coefficient (Wildman–Crippen LogP) is 0.926. The monoisotopic (exact) mass is 336 g/mol. The van der Waals surface area contributed by atoms with Gasteiger partial charge in [0.1, 0.15) is 0 Å². The fourth-order valence-electron chi connectivity index (χ4n) is 1.49. The van der Waals surface area contributed by atoms with Crippen molar-refractivity contribution in [2.75, 3.05) is 0 Å². The molecule has 3 aromatic rings. The maximum Gasteiger partial charge on any atom is 0.449 e. The summed E-state index contributed by atoms with van der Waals surface area (Å²) in [6.45, 7) is 0. The lowest BCUT2D eigenvalue weighted by Gasteiger charge is -2.02.